The summed E-state index contributed by atoms with van der Waals surface area (Å²) >= 11 is 0. The van der Waals surface area contributed by atoms with E-state index in [1.807, 2.05) is 6.07 Å². The van der Waals surface area contributed by atoms with Gasteiger partial charge >= 0.3 is 0 Å². The Balaban J connectivity index is 1.23. The minimum atomic E-state index is 0.889. The number of benzene rings is 9. The SMILES string of the molecule is c1cc(-c2cccc3ccccc23)cc(N(c2ccccc2-c2cc3c4c(cccc4c2)Oc2ccccc2-3)c2cccc3ccccc23)c1. The van der Waals surface area contributed by atoms with Crippen molar-refractivity contribution in [3.05, 3.63) is 188 Å². The highest BCUT2D eigenvalue weighted by Crippen LogP contribution is 2.50. The third-order valence-electron chi connectivity index (χ3n) is 10.0. The Bertz CT molecular complexity index is 2750. The Morgan fingerprint density at radius 1 is 0.340 bits per heavy atom. The lowest BCUT2D eigenvalue weighted by atomic mass is 9.90. The quantitative estimate of drug-likeness (QED) is 0.186. The van der Waals surface area contributed by atoms with Crippen LogP contribution in [0.4, 0.5) is 17.1 Å². The minimum absolute atomic E-state index is 0.889. The monoisotopic (exact) mass is 637 g/mol. The van der Waals surface area contributed by atoms with E-state index in [0.29, 0.717) is 0 Å². The first-order chi connectivity index (χ1) is 24.8. The summed E-state index contributed by atoms with van der Waals surface area (Å²) < 4.78 is 6.38. The molecule has 0 atom stereocenters. The minimum Gasteiger partial charge on any atom is -0.456 e. The van der Waals surface area contributed by atoms with Crippen LogP contribution >= 0.6 is 0 Å². The van der Waals surface area contributed by atoms with Crippen LogP contribution in [0, 0.1) is 0 Å². The maximum absolute atomic E-state index is 6.38. The highest BCUT2D eigenvalue weighted by molar-refractivity contribution is 6.08. The van der Waals surface area contributed by atoms with Gasteiger partial charge in [0.2, 0.25) is 0 Å². The first-order valence-electron chi connectivity index (χ1n) is 17.1. The van der Waals surface area contributed by atoms with Gasteiger partial charge in [-0.3, -0.25) is 0 Å². The van der Waals surface area contributed by atoms with E-state index in [9.17, 15) is 0 Å². The van der Waals surface area contributed by atoms with E-state index >= 15 is 0 Å². The van der Waals surface area contributed by atoms with E-state index in [4.69, 9.17) is 4.74 Å². The number of nitrogens with zero attached hydrogens (tertiary/aromatic N) is 1. The molecule has 1 aliphatic rings. The summed E-state index contributed by atoms with van der Waals surface area (Å²) in [6, 6.07) is 67.6. The zero-order chi connectivity index (χ0) is 33.0. The topological polar surface area (TPSA) is 12.5 Å². The Morgan fingerprint density at radius 3 is 1.84 bits per heavy atom. The molecule has 0 spiro atoms. The zero-order valence-electron chi connectivity index (χ0n) is 27.3. The Labute approximate surface area is 291 Å². The van der Waals surface area contributed by atoms with Gasteiger partial charge in [0.15, 0.2) is 0 Å². The molecule has 0 saturated carbocycles. The van der Waals surface area contributed by atoms with Crippen LogP contribution in [0.2, 0.25) is 0 Å². The fraction of sp³-hybridized carbons (Fsp3) is 0. The van der Waals surface area contributed by atoms with Gasteiger partial charge in [0.05, 0.1) is 11.4 Å². The average Bonchev–Trinajstić information content (AvgIpc) is 3.18. The van der Waals surface area contributed by atoms with E-state index in [-0.39, 0.29) is 0 Å². The summed E-state index contributed by atoms with van der Waals surface area (Å²) in [5.74, 6) is 1.79. The molecule has 9 aromatic carbocycles. The van der Waals surface area contributed by atoms with Gasteiger partial charge < -0.3 is 9.64 Å². The first-order valence-corrected chi connectivity index (χ1v) is 17.1. The summed E-state index contributed by atoms with van der Waals surface area (Å²) in [5, 5.41) is 7.21. The van der Waals surface area contributed by atoms with Crippen LogP contribution in [0.25, 0.3) is 65.7 Å². The molecule has 50 heavy (non-hydrogen) atoms. The van der Waals surface area contributed by atoms with Gasteiger partial charge in [-0.05, 0) is 92.3 Å². The van der Waals surface area contributed by atoms with E-state index in [2.05, 4.69) is 187 Å². The van der Waals surface area contributed by atoms with Gasteiger partial charge in [0, 0.05) is 27.6 Å². The van der Waals surface area contributed by atoms with Crippen molar-refractivity contribution < 1.29 is 4.74 Å². The largest absolute Gasteiger partial charge is 0.456 e. The molecule has 9 aromatic rings. The molecule has 2 nitrogen and oxygen atoms in total. The van der Waals surface area contributed by atoms with Crippen molar-refractivity contribution in [2.75, 3.05) is 4.90 Å². The highest BCUT2D eigenvalue weighted by Gasteiger charge is 2.24. The fourth-order valence-corrected chi connectivity index (χ4v) is 7.76. The highest BCUT2D eigenvalue weighted by atomic mass is 16.5. The molecule has 0 radical (unpaired) electrons. The van der Waals surface area contributed by atoms with Crippen LogP contribution in [0.5, 0.6) is 11.5 Å². The number of fused-ring (bicyclic) bond motifs is 4. The molecule has 1 heterocycles. The van der Waals surface area contributed by atoms with E-state index < -0.39 is 0 Å². The molecule has 0 fully saturated rings. The molecule has 234 valence electrons. The third-order valence-corrected chi connectivity index (χ3v) is 10.0. The third kappa shape index (κ3) is 4.57. The number of anilines is 3. The molecular weight excluding hydrogens is 607 g/mol. The molecule has 0 amide bonds. The van der Waals surface area contributed by atoms with Gasteiger partial charge in [0.1, 0.15) is 11.5 Å². The second-order valence-electron chi connectivity index (χ2n) is 12.9. The summed E-state index contributed by atoms with van der Waals surface area (Å²) in [6.45, 7) is 0. The van der Waals surface area contributed by atoms with Crippen molar-refractivity contribution >= 4 is 49.4 Å². The molecule has 1 aliphatic heterocycles. The fourth-order valence-electron chi connectivity index (χ4n) is 7.76. The van der Waals surface area contributed by atoms with Crippen LogP contribution in [0.3, 0.4) is 0 Å². The van der Waals surface area contributed by atoms with Gasteiger partial charge in [-0.1, -0.05) is 140 Å². The lowest BCUT2D eigenvalue weighted by molar-refractivity contribution is 0.487. The van der Waals surface area contributed by atoms with Gasteiger partial charge in [-0.2, -0.15) is 0 Å². The summed E-state index contributed by atoms with van der Waals surface area (Å²) in [6.07, 6.45) is 0. The number of para-hydroxylation sites is 2. The average molecular weight is 638 g/mol. The second-order valence-corrected chi connectivity index (χ2v) is 12.9. The van der Waals surface area contributed by atoms with Crippen LogP contribution in [-0.2, 0) is 0 Å². The van der Waals surface area contributed by atoms with Crippen molar-refractivity contribution in [1.29, 1.82) is 0 Å². The molecule has 0 bridgehead atoms. The van der Waals surface area contributed by atoms with E-state index in [0.717, 1.165) is 56.0 Å². The standard InChI is InChI=1S/C48H31NO/c1-3-20-38-32(13-1)15-10-24-39(38)34-17-9-19-37(30-34)49(45-26-11-16-33-14-2-4-21-40(33)45)44-25-7-5-22-41(44)36-29-35-18-12-28-47-48(35)43(31-36)42-23-6-8-27-46(42)50-47/h1-31H. The Kier molecular flexibility index (Phi) is 6.53. The molecule has 0 N–H and O–H groups in total. The maximum atomic E-state index is 6.38. The number of hydrogen-bond acceptors (Lipinski definition) is 2. The normalized spacial score (nSPS) is 11.8. The van der Waals surface area contributed by atoms with Crippen molar-refractivity contribution in [1.82, 2.24) is 0 Å². The van der Waals surface area contributed by atoms with Gasteiger partial charge in [-0.15, -0.1) is 0 Å². The van der Waals surface area contributed by atoms with Crippen molar-refractivity contribution in [2.45, 2.75) is 0 Å². The van der Waals surface area contributed by atoms with Crippen LogP contribution in [0.1, 0.15) is 0 Å². The molecule has 0 aromatic heterocycles. The number of ether oxygens (including phenoxy) is 1. The molecule has 0 unspecified atom stereocenters. The Morgan fingerprint density at radius 2 is 0.940 bits per heavy atom. The molecular formula is C48H31NO. The molecule has 2 heteroatoms. The molecule has 0 aliphatic carbocycles. The number of rotatable bonds is 5. The number of hydrogen-bond donors (Lipinski definition) is 0. The van der Waals surface area contributed by atoms with Crippen LogP contribution in [-0.4, -0.2) is 0 Å². The lowest BCUT2D eigenvalue weighted by Gasteiger charge is -2.30. The predicted molar refractivity (Wildman–Crippen MR) is 210 cm³/mol. The van der Waals surface area contributed by atoms with E-state index in [1.165, 1.54) is 38.2 Å². The van der Waals surface area contributed by atoms with Crippen LogP contribution in [0.15, 0.2) is 188 Å². The predicted octanol–water partition coefficient (Wildman–Crippen LogP) is 13.7. The van der Waals surface area contributed by atoms with Gasteiger partial charge in [0.25, 0.3) is 0 Å². The van der Waals surface area contributed by atoms with Gasteiger partial charge in [-0.25, -0.2) is 0 Å². The molecule has 10 rings (SSSR count). The molecule has 0 saturated heterocycles. The van der Waals surface area contributed by atoms with E-state index in [1.54, 1.807) is 0 Å². The summed E-state index contributed by atoms with van der Waals surface area (Å²) in [4.78, 5) is 2.44. The van der Waals surface area contributed by atoms with Crippen LogP contribution < -0.4 is 9.64 Å². The first kappa shape index (κ1) is 28.4. The summed E-state index contributed by atoms with van der Waals surface area (Å²) in [5.41, 5.74) is 10.4. The van der Waals surface area contributed by atoms with Crippen molar-refractivity contribution in [3.8, 4) is 44.9 Å². The summed E-state index contributed by atoms with van der Waals surface area (Å²) in [7, 11) is 0. The lowest BCUT2D eigenvalue weighted by Crippen LogP contribution is -2.12. The second kappa shape index (κ2) is 11.5. The maximum Gasteiger partial charge on any atom is 0.135 e. The van der Waals surface area contributed by atoms with Crippen molar-refractivity contribution in [3.63, 3.8) is 0 Å². The smallest absolute Gasteiger partial charge is 0.135 e. The van der Waals surface area contributed by atoms with Crippen molar-refractivity contribution in [2.24, 2.45) is 0 Å². The zero-order valence-corrected chi connectivity index (χ0v) is 27.3. The Hall–Kier alpha value is -6.64.